The van der Waals surface area contributed by atoms with Crippen LogP contribution in [0.4, 0.5) is 21.5 Å². The Morgan fingerprint density at radius 2 is 1.71 bits per heavy atom. The molecule has 2 heterocycles. The number of rotatable bonds is 5. The smallest absolute Gasteiger partial charge is 0.238 e. The first-order chi connectivity index (χ1) is 16.3. The quantitative estimate of drug-likeness (QED) is 0.400. The fourth-order valence-electron chi connectivity index (χ4n) is 3.95. The van der Waals surface area contributed by atoms with Gasteiger partial charge in [-0.15, -0.1) is 0 Å². The Morgan fingerprint density at radius 3 is 2.44 bits per heavy atom. The number of sulfonamides is 1. The number of aliphatic imine (C=N–C) groups is 1. The molecule has 0 spiro atoms. The van der Waals surface area contributed by atoms with Crippen LogP contribution in [-0.2, 0) is 16.4 Å². The van der Waals surface area contributed by atoms with Crippen LogP contribution >= 0.6 is 0 Å². The van der Waals surface area contributed by atoms with Crippen LogP contribution in [0, 0.1) is 12.7 Å². The standard InChI is InChI=1S/C26H21FN4O2S/c1-16-12-19(2-8-24(16)27)26-23(17-3-9-25-18(13-17)10-11-29-25)14-21(15-30-26)31-20-4-6-22(7-5-20)34(28,32)33/h2-9,11-15,31H,10H2,1H3,(H2,28,32,33). The number of aryl methyl sites for hydroxylation is 1. The fourth-order valence-corrected chi connectivity index (χ4v) is 4.47. The summed E-state index contributed by atoms with van der Waals surface area (Å²) in [5, 5.41) is 8.45. The number of halogens is 1. The number of anilines is 2. The topological polar surface area (TPSA) is 97.4 Å². The fraction of sp³-hybridized carbons (Fsp3) is 0.0769. The van der Waals surface area contributed by atoms with Crippen molar-refractivity contribution in [1.82, 2.24) is 4.98 Å². The first-order valence-electron chi connectivity index (χ1n) is 10.6. The molecule has 5 rings (SSSR count). The zero-order valence-corrected chi connectivity index (χ0v) is 19.1. The maximum absolute atomic E-state index is 13.9. The molecule has 8 heteroatoms. The lowest BCUT2D eigenvalue weighted by atomic mass is 9.96. The second kappa shape index (κ2) is 8.48. The normalized spacial score (nSPS) is 12.6. The van der Waals surface area contributed by atoms with Gasteiger partial charge >= 0.3 is 0 Å². The minimum absolute atomic E-state index is 0.0410. The summed E-state index contributed by atoms with van der Waals surface area (Å²) in [7, 11) is -3.76. The summed E-state index contributed by atoms with van der Waals surface area (Å²) >= 11 is 0. The summed E-state index contributed by atoms with van der Waals surface area (Å²) in [5.41, 5.74) is 7.45. The second-order valence-corrected chi connectivity index (χ2v) is 9.70. The zero-order valence-electron chi connectivity index (χ0n) is 18.3. The van der Waals surface area contributed by atoms with Crippen LogP contribution in [-0.4, -0.2) is 19.6 Å². The number of fused-ring (bicyclic) bond motifs is 1. The Balaban J connectivity index is 1.57. The van der Waals surface area contributed by atoms with Gasteiger partial charge in [-0.05, 0) is 84.3 Å². The molecule has 0 bridgehead atoms. The van der Waals surface area contributed by atoms with E-state index in [1.807, 2.05) is 24.4 Å². The average Bonchev–Trinajstić information content (AvgIpc) is 3.29. The van der Waals surface area contributed by atoms with Gasteiger partial charge in [0, 0.05) is 29.4 Å². The maximum atomic E-state index is 13.9. The van der Waals surface area contributed by atoms with Crippen molar-refractivity contribution in [3.05, 3.63) is 89.9 Å². The van der Waals surface area contributed by atoms with Crippen LogP contribution in [0.25, 0.3) is 22.4 Å². The number of nitrogens with one attached hydrogen (secondary N) is 1. The molecule has 1 aliphatic heterocycles. The molecule has 0 radical (unpaired) electrons. The van der Waals surface area contributed by atoms with E-state index in [4.69, 9.17) is 10.1 Å². The third kappa shape index (κ3) is 4.33. The Bertz CT molecular complexity index is 1550. The number of hydrogen-bond acceptors (Lipinski definition) is 5. The molecule has 34 heavy (non-hydrogen) atoms. The lowest BCUT2D eigenvalue weighted by Gasteiger charge is -2.14. The highest BCUT2D eigenvalue weighted by molar-refractivity contribution is 7.89. The summed E-state index contributed by atoms with van der Waals surface area (Å²) in [6, 6.07) is 19.2. The summed E-state index contributed by atoms with van der Waals surface area (Å²) in [4.78, 5) is 9.14. The van der Waals surface area contributed by atoms with Crippen molar-refractivity contribution in [2.24, 2.45) is 10.1 Å². The van der Waals surface area contributed by atoms with Gasteiger partial charge in [-0.25, -0.2) is 17.9 Å². The van der Waals surface area contributed by atoms with Crippen LogP contribution in [0.15, 0.2) is 82.8 Å². The molecular formula is C26H21FN4O2S. The molecule has 1 aromatic heterocycles. The number of nitrogens with zero attached hydrogens (tertiary/aromatic N) is 2. The molecule has 4 aromatic rings. The lowest BCUT2D eigenvalue weighted by Crippen LogP contribution is -2.11. The molecule has 0 aliphatic carbocycles. The van der Waals surface area contributed by atoms with Gasteiger partial charge in [0.25, 0.3) is 0 Å². The predicted molar refractivity (Wildman–Crippen MR) is 133 cm³/mol. The summed E-state index contributed by atoms with van der Waals surface area (Å²) in [6.07, 6.45) is 4.36. The van der Waals surface area contributed by atoms with E-state index >= 15 is 0 Å². The molecule has 3 aromatic carbocycles. The highest BCUT2D eigenvalue weighted by atomic mass is 32.2. The van der Waals surface area contributed by atoms with Crippen LogP contribution in [0.3, 0.4) is 0 Å². The Morgan fingerprint density at radius 1 is 0.941 bits per heavy atom. The molecular weight excluding hydrogens is 451 g/mol. The monoisotopic (exact) mass is 472 g/mol. The van der Waals surface area contributed by atoms with Crippen molar-refractivity contribution in [1.29, 1.82) is 0 Å². The molecule has 1 aliphatic rings. The first-order valence-corrected chi connectivity index (χ1v) is 12.1. The summed E-state index contributed by atoms with van der Waals surface area (Å²) in [6.45, 7) is 1.73. The Hall–Kier alpha value is -3.88. The Kier molecular flexibility index (Phi) is 5.47. The van der Waals surface area contributed by atoms with Crippen LogP contribution in [0.5, 0.6) is 0 Å². The van der Waals surface area contributed by atoms with Gasteiger partial charge in [-0.3, -0.25) is 9.98 Å². The first kappa shape index (κ1) is 21.9. The van der Waals surface area contributed by atoms with Gasteiger partial charge in [0.05, 0.1) is 28.2 Å². The minimum atomic E-state index is -3.76. The molecule has 0 atom stereocenters. The third-order valence-corrected chi connectivity index (χ3v) is 6.65. The molecule has 0 fully saturated rings. The lowest BCUT2D eigenvalue weighted by molar-refractivity contribution is 0.598. The van der Waals surface area contributed by atoms with Crippen LogP contribution in [0.1, 0.15) is 11.1 Å². The van der Waals surface area contributed by atoms with Gasteiger partial charge in [-0.1, -0.05) is 6.07 Å². The van der Waals surface area contributed by atoms with Crippen LogP contribution < -0.4 is 10.5 Å². The van der Waals surface area contributed by atoms with E-state index in [9.17, 15) is 12.8 Å². The highest BCUT2D eigenvalue weighted by Gasteiger charge is 2.15. The van der Waals surface area contributed by atoms with Crippen molar-refractivity contribution in [3.63, 3.8) is 0 Å². The van der Waals surface area contributed by atoms with Crippen molar-refractivity contribution in [3.8, 4) is 22.4 Å². The van der Waals surface area contributed by atoms with Crippen molar-refractivity contribution in [2.75, 3.05) is 5.32 Å². The number of primary sulfonamides is 1. The number of pyridine rings is 1. The summed E-state index contributed by atoms with van der Waals surface area (Å²) < 4.78 is 36.9. The van der Waals surface area contributed by atoms with E-state index in [1.165, 1.54) is 18.2 Å². The third-order valence-electron chi connectivity index (χ3n) is 5.72. The van der Waals surface area contributed by atoms with Crippen LogP contribution in [0.2, 0.25) is 0 Å². The number of aromatic nitrogens is 1. The number of nitrogens with two attached hydrogens (primary N) is 1. The van der Waals surface area contributed by atoms with E-state index in [0.29, 0.717) is 11.3 Å². The number of benzene rings is 3. The van der Waals surface area contributed by atoms with E-state index in [-0.39, 0.29) is 10.7 Å². The molecule has 0 saturated heterocycles. The van der Waals surface area contributed by atoms with Crippen molar-refractivity contribution >= 4 is 33.3 Å². The number of hydrogen-bond donors (Lipinski definition) is 2. The second-order valence-electron chi connectivity index (χ2n) is 8.14. The molecule has 3 N–H and O–H groups in total. The van der Waals surface area contributed by atoms with Crippen molar-refractivity contribution < 1.29 is 12.8 Å². The van der Waals surface area contributed by atoms with Crippen molar-refractivity contribution in [2.45, 2.75) is 18.2 Å². The Labute approximate surface area is 197 Å². The van der Waals surface area contributed by atoms with E-state index in [2.05, 4.69) is 16.4 Å². The molecule has 0 amide bonds. The SMILES string of the molecule is Cc1cc(-c2ncc(Nc3ccc(S(N)(=O)=O)cc3)cc2-c2ccc3c(c2)CC=N3)ccc1F. The molecule has 0 unspecified atom stereocenters. The minimum Gasteiger partial charge on any atom is -0.354 e. The van der Waals surface area contributed by atoms with Gasteiger partial charge < -0.3 is 5.32 Å². The van der Waals surface area contributed by atoms with Gasteiger partial charge in [0.1, 0.15) is 5.82 Å². The highest BCUT2D eigenvalue weighted by Crippen LogP contribution is 2.37. The largest absolute Gasteiger partial charge is 0.354 e. The molecule has 170 valence electrons. The van der Waals surface area contributed by atoms with Gasteiger partial charge in [0.15, 0.2) is 0 Å². The van der Waals surface area contributed by atoms with Gasteiger partial charge in [-0.2, -0.15) is 0 Å². The predicted octanol–water partition coefficient (Wildman–Crippen LogP) is 5.51. The van der Waals surface area contributed by atoms with Gasteiger partial charge in [0.2, 0.25) is 10.0 Å². The zero-order chi connectivity index (χ0) is 23.9. The molecule has 6 nitrogen and oxygen atoms in total. The molecule has 0 saturated carbocycles. The summed E-state index contributed by atoms with van der Waals surface area (Å²) in [5.74, 6) is -0.263. The van der Waals surface area contributed by atoms with E-state index < -0.39 is 10.0 Å². The van der Waals surface area contributed by atoms with E-state index in [1.54, 1.807) is 37.4 Å². The average molecular weight is 473 g/mol. The maximum Gasteiger partial charge on any atom is 0.238 e. The van der Waals surface area contributed by atoms with E-state index in [0.717, 1.165) is 45.7 Å².